The lowest BCUT2D eigenvalue weighted by Gasteiger charge is -2.22. The summed E-state index contributed by atoms with van der Waals surface area (Å²) in [6.07, 6.45) is 12.5. The van der Waals surface area contributed by atoms with Crippen molar-refractivity contribution in [2.24, 2.45) is 7.05 Å². The summed E-state index contributed by atoms with van der Waals surface area (Å²) in [6, 6.07) is 7.94. The van der Waals surface area contributed by atoms with Crippen molar-refractivity contribution >= 4 is 9.84 Å². The minimum absolute atomic E-state index is 0.108. The van der Waals surface area contributed by atoms with E-state index in [1.165, 1.54) is 0 Å². The van der Waals surface area contributed by atoms with Crippen molar-refractivity contribution < 1.29 is 8.42 Å². The molecule has 158 valence electrons. The van der Waals surface area contributed by atoms with Gasteiger partial charge in [-0.15, -0.1) is 0 Å². The molecule has 1 unspecified atom stereocenters. The summed E-state index contributed by atoms with van der Waals surface area (Å²) < 4.78 is 27.4. The van der Waals surface area contributed by atoms with E-state index in [1.54, 1.807) is 28.0 Å². The molecule has 4 heterocycles. The normalized spacial score (nSPS) is 18.2. The highest BCUT2D eigenvalue weighted by atomic mass is 32.2. The van der Waals surface area contributed by atoms with Crippen molar-refractivity contribution in [1.82, 2.24) is 29.5 Å². The molecule has 9 heteroatoms. The molecule has 0 aliphatic carbocycles. The number of sulfone groups is 1. The van der Waals surface area contributed by atoms with Gasteiger partial charge in [-0.1, -0.05) is 18.2 Å². The van der Waals surface area contributed by atoms with Crippen LogP contribution in [0, 0.1) is 0 Å². The third-order valence-electron chi connectivity index (χ3n) is 5.56. The van der Waals surface area contributed by atoms with Crippen LogP contribution < -0.4 is 0 Å². The van der Waals surface area contributed by atoms with Gasteiger partial charge in [-0.3, -0.25) is 9.36 Å². The number of benzene rings is 1. The number of aryl methyl sites for hydroxylation is 1. The van der Waals surface area contributed by atoms with Crippen LogP contribution in [-0.4, -0.2) is 49.5 Å². The predicted molar refractivity (Wildman–Crippen MR) is 118 cm³/mol. The summed E-state index contributed by atoms with van der Waals surface area (Å²) in [5, 5.41) is 8.63. The zero-order valence-electron chi connectivity index (χ0n) is 17.1. The standard InChI is InChI=1S/C22H22N6O2S/c1-27-13-19(11-25-27)16-4-2-5-17(8-16)22-23-9-18(10-24-22)20-12-26-28(14-20)21-6-3-7-31(29,30)15-21/h2,4-5,8-14,21H,3,6-7,15H2,1H3. The minimum Gasteiger partial charge on any atom is -0.275 e. The van der Waals surface area contributed by atoms with Crippen molar-refractivity contribution in [3.63, 3.8) is 0 Å². The summed E-state index contributed by atoms with van der Waals surface area (Å²) in [5.41, 5.74) is 4.74. The molecule has 0 saturated carbocycles. The van der Waals surface area contributed by atoms with Crippen molar-refractivity contribution in [2.45, 2.75) is 18.9 Å². The molecule has 1 aliphatic heterocycles. The fourth-order valence-electron chi connectivity index (χ4n) is 3.93. The lowest BCUT2D eigenvalue weighted by molar-refractivity contribution is 0.435. The van der Waals surface area contributed by atoms with E-state index in [1.807, 2.05) is 49.9 Å². The molecule has 1 fully saturated rings. The Balaban J connectivity index is 1.37. The monoisotopic (exact) mass is 434 g/mol. The number of nitrogens with zero attached hydrogens (tertiary/aromatic N) is 6. The zero-order chi connectivity index (χ0) is 21.4. The molecule has 0 amide bonds. The molecule has 5 rings (SSSR count). The average Bonchev–Trinajstić information content (AvgIpc) is 3.43. The van der Waals surface area contributed by atoms with Crippen LogP contribution in [0.1, 0.15) is 18.9 Å². The maximum atomic E-state index is 11.9. The summed E-state index contributed by atoms with van der Waals surface area (Å²) in [5.74, 6) is 1.06. The Morgan fingerprint density at radius 1 is 0.903 bits per heavy atom. The van der Waals surface area contributed by atoms with E-state index < -0.39 is 9.84 Å². The highest BCUT2D eigenvalue weighted by molar-refractivity contribution is 7.91. The van der Waals surface area contributed by atoms with Gasteiger partial charge in [0.1, 0.15) is 0 Å². The van der Waals surface area contributed by atoms with E-state index in [-0.39, 0.29) is 17.5 Å². The lowest BCUT2D eigenvalue weighted by Crippen LogP contribution is -2.27. The van der Waals surface area contributed by atoms with Gasteiger partial charge in [0.25, 0.3) is 0 Å². The van der Waals surface area contributed by atoms with Crippen LogP contribution in [0.4, 0.5) is 0 Å². The van der Waals surface area contributed by atoms with Crippen LogP contribution in [0.2, 0.25) is 0 Å². The van der Waals surface area contributed by atoms with Gasteiger partial charge in [-0.05, 0) is 24.5 Å². The highest BCUT2D eigenvalue weighted by Gasteiger charge is 2.26. The maximum absolute atomic E-state index is 11.9. The molecule has 1 atom stereocenters. The molecular weight excluding hydrogens is 412 g/mol. The Labute approximate surface area is 180 Å². The molecule has 4 aromatic rings. The fraction of sp³-hybridized carbons (Fsp3) is 0.273. The van der Waals surface area contributed by atoms with Crippen molar-refractivity contribution in [3.05, 3.63) is 61.4 Å². The molecule has 0 radical (unpaired) electrons. The molecule has 1 saturated heterocycles. The second-order valence-corrected chi connectivity index (χ2v) is 10.1. The quantitative estimate of drug-likeness (QED) is 0.490. The second kappa shape index (κ2) is 7.73. The van der Waals surface area contributed by atoms with Gasteiger partial charge < -0.3 is 0 Å². The molecule has 1 aromatic carbocycles. The first-order valence-corrected chi connectivity index (χ1v) is 12.0. The van der Waals surface area contributed by atoms with Gasteiger partial charge in [0.05, 0.1) is 29.9 Å². The Hall–Kier alpha value is -3.33. The summed E-state index contributed by atoms with van der Waals surface area (Å²) >= 11 is 0. The Morgan fingerprint density at radius 2 is 1.65 bits per heavy atom. The number of hydrogen-bond donors (Lipinski definition) is 0. The van der Waals surface area contributed by atoms with E-state index in [0.717, 1.165) is 34.2 Å². The smallest absolute Gasteiger partial charge is 0.159 e. The van der Waals surface area contributed by atoms with E-state index in [0.29, 0.717) is 12.2 Å². The first-order chi connectivity index (χ1) is 15.0. The highest BCUT2D eigenvalue weighted by Crippen LogP contribution is 2.27. The molecule has 0 N–H and O–H groups in total. The van der Waals surface area contributed by atoms with Crippen LogP contribution in [0.5, 0.6) is 0 Å². The first-order valence-electron chi connectivity index (χ1n) is 10.1. The summed E-state index contributed by atoms with van der Waals surface area (Å²) in [7, 11) is -1.09. The fourth-order valence-corrected chi connectivity index (χ4v) is 5.61. The first kappa shape index (κ1) is 19.6. The molecule has 8 nitrogen and oxygen atoms in total. The molecule has 0 bridgehead atoms. The lowest BCUT2D eigenvalue weighted by atomic mass is 10.1. The van der Waals surface area contributed by atoms with Crippen LogP contribution in [0.3, 0.4) is 0 Å². The number of rotatable bonds is 4. The van der Waals surface area contributed by atoms with Crippen LogP contribution in [-0.2, 0) is 16.9 Å². The van der Waals surface area contributed by atoms with Crippen LogP contribution in [0.25, 0.3) is 33.6 Å². The van der Waals surface area contributed by atoms with E-state index in [4.69, 9.17) is 0 Å². The third-order valence-corrected chi connectivity index (χ3v) is 7.36. The minimum atomic E-state index is -2.98. The Kier molecular flexibility index (Phi) is 4.90. The molecule has 1 aliphatic rings. The summed E-state index contributed by atoms with van der Waals surface area (Å²) in [4.78, 5) is 9.09. The van der Waals surface area contributed by atoms with E-state index in [9.17, 15) is 8.42 Å². The van der Waals surface area contributed by atoms with E-state index >= 15 is 0 Å². The Bertz CT molecular complexity index is 1320. The van der Waals surface area contributed by atoms with Gasteiger partial charge in [-0.25, -0.2) is 18.4 Å². The zero-order valence-corrected chi connectivity index (χ0v) is 17.9. The predicted octanol–water partition coefficient (Wildman–Crippen LogP) is 3.16. The largest absolute Gasteiger partial charge is 0.275 e. The van der Waals surface area contributed by atoms with Crippen molar-refractivity contribution in [3.8, 4) is 33.6 Å². The third kappa shape index (κ3) is 4.13. The Morgan fingerprint density at radius 3 is 2.39 bits per heavy atom. The summed E-state index contributed by atoms with van der Waals surface area (Å²) in [6.45, 7) is 0. The SMILES string of the molecule is Cn1cc(-c2cccc(-c3ncc(-c4cnn(C5CCCS(=O)(=O)C5)c4)cn3)c2)cn1. The second-order valence-electron chi connectivity index (χ2n) is 7.90. The maximum Gasteiger partial charge on any atom is 0.159 e. The van der Waals surface area contributed by atoms with Gasteiger partial charge in [0.2, 0.25) is 0 Å². The number of hydrogen-bond acceptors (Lipinski definition) is 6. The van der Waals surface area contributed by atoms with Gasteiger partial charge in [-0.2, -0.15) is 10.2 Å². The van der Waals surface area contributed by atoms with E-state index in [2.05, 4.69) is 20.2 Å². The molecule has 0 spiro atoms. The van der Waals surface area contributed by atoms with Crippen molar-refractivity contribution in [1.29, 1.82) is 0 Å². The topological polar surface area (TPSA) is 95.6 Å². The van der Waals surface area contributed by atoms with Gasteiger partial charge in [0.15, 0.2) is 15.7 Å². The van der Waals surface area contributed by atoms with Gasteiger partial charge >= 0.3 is 0 Å². The van der Waals surface area contributed by atoms with Crippen LogP contribution in [0.15, 0.2) is 61.4 Å². The molecule has 3 aromatic heterocycles. The van der Waals surface area contributed by atoms with Gasteiger partial charge in [0, 0.05) is 54.1 Å². The van der Waals surface area contributed by atoms with Crippen molar-refractivity contribution in [2.75, 3.05) is 11.5 Å². The number of aromatic nitrogens is 6. The average molecular weight is 435 g/mol. The molecule has 31 heavy (non-hydrogen) atoms. The molecular formula is C22H22N6O2S. The van der Waals surface area contributed by atoms with Crippen LogP contribution >= 0.6 is 0 Å².